The molecule has 10 heavy (non-hydrogen) atoms. The van der Waals surface area contributed by atoms with Crippen molar-refractivity contribution >= 4 is 11.8 Å². The van der Waals surface area contributed by atoms with Gasteiger partial charge >= 0.3 is 0 Å². The van der Waals surface area contributed by atoms with Crippen molar-refractivity contribution in [3.05, 3.63) is 24.3 Å². The van der Waals surface area contributed by atoms with Crippen LogP contribution >= 0.6 is 11.8 Å². The molecule has 0 radical (unpaired) electrons. The van der Waals surface area contributed by atoms with Gasteiger partial charge in [0.1, 0.15) is 5.75 Å². The zero-order valence-corrected chi connectivity index (χ0v) is 6.14. The van der Waals surface area contributed by atoms with E-state index in [-0.39, 0.29) is 11.7 Å². The van der Waals surface area contributed by atoms with Gasteiger partial charge in [0.25, 0.3) is 0 Å². The summed E-state index contributed by atoms with van der Waals surface area (Å²) < 4.78 is 0. The molecule has 0 aromatic heterocycles. The van der Waals surface area contributed by atoms with Crippen molar-refractivity contribution in [2.45, 2.75) is 4.90 Å². The third-order valence-electron chi connectivity index (χ3n) is 1.07. The number of aliphatic hydroxyl groups excluding tert-OH is 1. The Balaban J connectivity index is 2.69. The summed E-state index contributed by atoms with van der Waals surface area (Å²) in [5, 5.41) is 17.3. The van der Waals surface area contributed by atoms with E-state index in [9.17, 15) is 0 Å². The number of aliphatic hydroxyl groups is 1. The van der Waals surface area contributed by atoms with Gasteiger partial charge in [-0.3, -0.25) is 0 Å². The highest BCUT2D eigenvalue weighted by Crippen LogP contribution is 2.19. The molecular formula is C7H8O2S. The second-order valence-corrected chi connectivity index (χ2v) is 2.79. The van der Waals surface area contributed by atoms with E-state index in [4.69, 9.17) is 10.2 Å². The van der Waals surface area contributed by atoms with Crippen LogP contribution in [0.25, 0.3) is 0 Å². The van der Waals surface area contributed by atoms with Gasteiger partial charge in [-0.2, -0.15) is 0 Å². The van der Waals surface area contributed by atoms with Crippen molar-refractivity contribution in [3.63, 3.8) is 0 Å². The molecular weight excluding hydrogens is 148 g/mol. The van der Waals surface area contributed by atoms with E-state index in [0.29, 0.717) is 0 Å². The summed E-state index contributed by atoms with van der Waals surface area (Å²) in [7, 11) is 0. The number of hydrogen-bond acceptors (Lipinski definition) is 3. The summed E-state index contributed by atoms with van der Waals surface area (Å²) in [5.74, 6) is 0.326. The first-order valence-electron chi connectivity index (χ1n) is 2.85. The van der Waals surface area contributed by atoms with Gasteiger partial charge in [0.2, 0.25) is 0 Å². The Bertz CT molecular complexity index is 195. The van der Waals surface area contributed by atoms with Crippen LogP contribution in [0.15, 0.2) is 29.2 Å². The molecule has 1 rings (SSSR count). The summed E-state index contributed by atoms with van der Waals surface area (Å²) in [6.07, 6.45) is 0. The molecule has 0 saturated heterocycles. The molecule has 0 aliphatic carbocycles. The van der Waals surface area contributed by atoms with Gasteiger partial charge in [-0.15, -0.1) is 0 Å². The maximum absolute atomic E-state index is 8.85. The Kier molecular flexibility index (Phi) is 2.59. The summed E-state index contributed by atoms with van der Waals surface area (Å²) in [4.78, 5) is 0.959. The first-order chi connectivity index (χ1) is 4.83. The molecule has 0 saturated carbocycles. The van der Waals surface area contributed by atoms with Crippen molar-refractivity contribution in [2.24, 2.45) is 0 Å². The second kappa shape index (κ2) is 3.49. The first-order valence-corrected chi connectivity index (χ1v) is 3.84. The molecule has 0 atom stereocenters. The minimum Gasteiger partial charge on any atom is -0.508 e. The van der Waals surface area contributed by atoms with E-state index < -0.39 is 0 Å². The summed E-state index contributed by atoms with van der Waals surface area (Å²) in [6, 6.07) is 6.71. The largest absolute Gasteiger partial charge is 0.508 e. The lowest BCUT2D eigenvalue weighted by Crippen LogP contribution is -1.73. The molecule has 54 valence electrons. The number of thioether (sulfide) groups is 1. The lowest BCUT2D eigenvalue weighted by molar-refractivity contribution is 0.375. The Hall–Kier alpha value is -0.670. The number of benzene rings is 1. The third-order valence-corrected chi connectivity index (χ3v) is 1.80. The van der Waals surface area contributed by atoms with E-state index in [1.165, 1.54) is 11.8 Å². The predicted octanol–water partition coefficient (Wildman–Crippen LogP) is 1.43. The Morgan fingerprint density at radius 1 is 1.20 bits per heavy atom. The van der Waals surface area contributed by atoms with Gasteiger partial charge in [0.05, 0.1) is 5.94 Å². The van der Waals surface area contributed by atoms with Gasteiger partial charge in [0, 0.05) is 4.90 Å². The smallest absolute Gasteiger partial charge is 0.115 e. The standard InChI is InChI=1S/C7H8O2S/c8-5-10-7-3-1-6(9)2-4-7/h1-4,8-9H,5H2. The molecule has 1 aromatic carbocycles. The van der Waals surface area contributed by atoms with E-state index in [1.807, 2.05) is 0 Å². The fourth-order valence-electron chi connectivity index (χ4n) is 0.617. The number of aromatic hydroxyl groups is 1. The SMILES string of the molecule is OCSc1ccc(O)cc1. The van der Waals surface area contributed by atoms with Gasteiger partial charge in [-0.05, 0) is 24.3 Å². The Labute approximate surface area is 63.5 Å². The van der Waals surface area contributed by atoms with Crippen LogP contribution in [-0.2, 0) is 0 Å². The van der Waals surface area contributed by atoms with Gasteiger partial charge in [-0.1, -0.05) is 11.8 Å². The Morgan fingerprint density at radius 2 is 1.80 bits per heavy atom. The van der Waals surface area contributed by atoms with E-state index in [2.05, 4.69) is 0 Å². The summed E-state index contributed by atoms with van der Waals surface area (Å²) in [6.45, 7) is 0. The first kappa shape index (κ1) is 7.44. The fourth-order valence-corrected chi connectivity index (χ4v) is 1.09. The van der Waals surface area contributed by atoms with Crippen molar-refractivity contribution in [2.75, 3.05) is 5.94 Å². The van der Waals surface area contributed by atoms with E-state index >= 15 is 0 Å². The van der Waals surface area contributed by atoms with Crippen LogP contribution in [0.3, 0.4) is 0 Å². The number of hydrogen-bond donors (Lipinski definition) is 2. The van der Waals surface area contributed by atoms with Crippen LogP contribution in [0.2, 0.25) is 0 Å². The van der Waals surface area contributed by atoms with Crippen LogP contribution in [0, 0.1) is 0 Å². The highest BCUT2D eigenvalue weighted by atomic mass is 32.2. The van der Waals surface area contributed by atoms with Crippen molar-refractivity contribution in [1.82, 2.24) is 0 Å². The molecule has 0 amide bonds. The van der Waals surface area contributed by atoms with E-state index in [0.717, 1.165) is 4.90 Å². The van der Waals surface area contributed by atoms with Crippen LogP contribution in [0.1, 0.15) is 0 Å². The molecule has 1 aromatic rings. The van der Waals surface area contributed by atoms with Crippen LogP contribution < -0.4 is 0 Å². The zero-order chi connectivity index (χ0) is 7.40. The molecule has 0 unspecified atom stereocenters. The molecule has 2 nitrogen and oxygen atoms in total. The number of phenolic OH excluding ortho intramolecular Hbond substituents is 1. The highest BCUT2D eigenvalue weighted by molar-refractivity contribution is 7.99. The van der Waals surface area contributed by atoms with Crippen LogP contribution in [0.5, 0.6) is 5.75 Å². The lowest BCUT2D eigenvalue weighted by atomic mass is 10.3. The zero-order valence-electron chi connectivity index (χ0n) is 5.32. The molecule has 0 aliphatic heterocycles. The maximum atomic E-state index is 8.85. The van der Waals surface area contributed by atoms with Crippen LogP contribution in [0.4, 0.5) is 0 Å². The van der Waals surface area contributed by atoms with Gasteiger partial charge in [0.15, 0.2) is 0 Å². The lowest BCUT2D eigenvalue weighted by Gasteiger charge is -1.95. The third kappa shape index (κ3) is 1.93. The second-order valence-electron chi connectivity index (χ2n) is 1.77. The minimum absolute atomic E-state index is 0.0742. The van der Waals surface area contributed by atoms with Gasteiger partial charge in [-0.25, -0.2) is 0 Å². The highest BCUT2D eigenvalue weighted by Gasteiger charge is 1.90. The molecule has 0 bridgehead atoms. The average molecular weight is 156 g/mol. The number of rotatable bonds is 2. The number of phenols is 1. The molecule has 3 heteroatoms. The fraction of sp³-hybridized carbons (Fsp3) is 0.143. The topological polar surface area (TPSA) is 40.5 Å². The quantitative estimate of drug-likeness (QED) is 0.502. The Morgan fingerprint density at radius 3 is 2.30 bits per heavy atom. The molecule has 0 aliphatic rings. The normalized spacial score (nSPS) is 9.70. The molecule has 0 spiro atoms. The molecule has 2 N–H and O–H groups in total. The van der Waals surface area contributed by atoms with Crippen LogP contribution in [-0.4, -0.2) is 16.2 Å². The summed E-state index contributed by atoms with van der Waals surface area (Å²) >= 11 is 1.33. The summed E-state index contributed by atoms with van der Waals surface area (Å²) in [5.41, 5.74) is 0. The average Bonchev–Trinajstić information content (AvgIpc) is 1.95. The van der Waals surface area contributed by atoms with Crippen molar-refractivity contribution in [3.8, 4) is 5.75 Å². The van der Waals surface area contributed by atoms with Crippen molar-refractivity contribution in [1.29, 1.82) is 0 Å². The monoisotopic (exact) mass is 156 g/mol. The maximum Gasteiger partial charge on any atom is 0.115 e. The van der Waals surface area contributed by atoms with Crippen molar-refractivity contribution < 1.29 is 10.2 Å². The van der Waals surface area contributed by atoms with E-state index in [1.54, 1.807) is 24.3 Å². The minimum atomic E-state index is 0.0742. The predicted molar refractivity (Wildman–Crippen MR) is 41.0 cm³/mol. The molecule has 0 fully saturated rings. The molecule has 0 heterocycles. The van der Waals surface area contributed by atoms with Gasteiger partial charge < -0.3 is 10.2 Å².